The normalized spacial score (nSPS) is 17.2. The van der Waals surface area contributed by atoms with Gasteiger partial charge in [0.15, 0.2) is 0 Å². The Hall–Kier alpha value is -1.88. The monoisotopic (exact) mass is 315 g/mol. The first-order valence-corrected chi connectivity index (χ1v) is 8.52. The molecule has 0 amide bonds. The minimum atomic E-state index is -0.304. The summed E-state index contributed by atoms with van der Waals surface area (Å²) in [5, 5.41) is 0.580. The molecule has 5 nitrogen and oxygen atoms in total. The number of benzene rings is 1. The molecular formula is C18H25N3O2. The molecule has 1 atom stereocenters. The average Bonchev–Trinajstić information content (AvgIpc) is 3.04. The third-order valence-corrected chi connectivity index (χ3v) is 4.68. The highest BCUT2D eigenvalue weighted by atomic mass is 16.2. The predicted octanol–water partition coefficient (Wildman–Crippen LogP) is 2.20. The molecule has 0 spiro atoms. The predicted molar refractivity (Wildman–Crippen MR) is 92.9 cm³/mol. The minimum Gasteiger partial charge on any atom is -0.307 e. The van der Waals surface area contributed by atoms with E-state index in [0.717, 1.165) is 19.5 Å². The van der Waals surface area contributed by atoms with Gasteiger partial charge in [-0.15, -0.1) is 0 Å². The van der Waals surface area contributed by atoms with Gasteiger partial charge >= 0.3 is 5.69 Å². The van der Waals surface area contributed by atoms with Gasteiger partial charge in [-0.2, -0.15) is 0 Å². The highest BCUT2D eigenvalue weighted by Gasteiger charge is 2.24. The Bertz CT molecular complexity index is 785. The molecule has 1 aromatic carbocycles. The molecule has 1 fully saturated rings. The number of aromatic amines is 1. The summed E-state index contributed by atoms with van der Waals surface area (Å²) in [4.78, 5) is 30.4. The third-order valence-electron chi connectivity index (χ3n) is 4.68. The van der Waals surface area contributed by atoms with Crippen molar-refractivity contribution < 1.29 is 0 Å². The molecule has 124 valence electrons. The van der Waals surface area contributed by atoms with E-state index < -0.39 is 0 Å². The SMILES string of the molecule is CC(C)CC(Cn1c(=O)[nH]c2ccccc2c1=O)N1CCCC1. The number of nitrogens with zero attached hydrogens (tertiary/aromatic N) is 2. The lowest BCUT2D eigenvalue weighted by atomic mass is 10.0. The Kier molecular flexibility index (Phi) is 4.66. The number of nitrogens with one attached hydrogen (secondary N) is 1. The number of para-hydroxylation sites is 1. The van der Waals surface area contributed by atoms with Crippen LogP contribution in [0.25, 0.3) is 10.9 Å². The first-order valence-electron chi connectivity index (χ1n) is 8.52. The smallest absolute Gasteiger partial charge is 0.307 e. The van der Waals surface area contributed by atoms with Crippen molar-refractivity contribution in [1.29, 1.82) is 0 Å². The largest absolute Gasteiger partial charge is 0.328 e. The molecule has 0 radical (unpaired) electrons. The van der Waals surface area contributed by atoms with Crippen molar-refractivity contribution in [1.82, 2.24) is 14.5 Å². The second-order valence-corrected chi connectivity index (χ2v) is 6.92. The molecule has 1 aliphatic heterocycles. The van der Waals surface area contributed by atoms with E-state index in [4.69, 9.17) is 0 Å². The number of likely N-dealkylation sites (tertiary alicyclic amines) is 1. The van der Waals surface area contributed by atoms with Crippen LogP contribution in [0.2, 0.25) is 0 Å². The highest BCUT2D eigenvalue weighted by Crippen LogP contribution is 2.18. The van der Waals surface area contributed by atoms with E-state index in [9.17, 15) is 9.59 Å². The molecule has 0 bridgehead atoms. The van der Waals surface area contributed by atoms with Crippen LogP contribution in [-0.4, -0.2) is 33.6 Å². The Morgan fingerprint density at radius 3 is 2.52 bits per heavy atom. The maximum atomic E-state index is 12.7. The Morgan fingerprint density at radius 2 is 1.83 bits per heavy atom. The molecule has 2 aromatic rings. The van der Waals surface area contributed by atoms with E-state index in [2.05, 4.69) is 23.7 Å². The van der Waals surface area contributed by atoms with Crippen LogP contribution in [0.3, 0.4) is 0 Å². The fourth-order valence-electron chi connectivity index (χ4n) is 3.57. The molecule has 1 unspecified atom stereocenters. The summed E-state index contributed by atoms with van der Waals surface area (Å²) in [5.41, 5.74) is 0.124. The molecule has 1 N–H and O–H groups in total. The summed E-state index contributed by atoms with van der Waals surface area (Å²) in [5.74, 6) is 0.538. The molecule has 5 heteroatoms. The number of hydrogen-bond donors (Lipinski definition) is 1. The van der Waals surface area contributed by atoms with Crippen molar-refractivity contribution in [3.05, 3.63) is 45.1 Å². The van der Waals surface area contributed by atoms with E-state index >= 15 is 0 Å². The van der Waals surface area contributed by atoms with Crippen LogP contribution in [0.4, 0.5) is 0 Å². The van der Waals surface area contributed by atoms with Crippen molar-refractivity contribution >= 4 is 10.9 Å². The summed E-state index contributed by atoms with van der Waals surface area (Å²) < 4.78 is 1.38. The van der Waals surface area contributed by atoms with Crippen LogP contribution in [0.1, 0.15) is 33.1 Å². The molecule has 0 saturated carbocycles. The molecule has 0 aliphatic carbocycles. The van der Waals surface area contributed by atoms with Crippen molar-refractivity contribution in [2.24, 2.45) is 5.92 Å². The minimum absolute atomic E-state index is 0.183. The molecule has 3 rings (SSSR count). The highest BCUT2D eigenvalue weighted by molar-refractivity contribution is 5.76. The average molecular weight is 315 g/mol. The Labute approximate surface area is 135 Å². The molecule has 23 heavy (non-hydrogen) atoms. The van der Waals surface area contributed by atoms with Crippen LogP contribution < -0.4 is 11.2 Å². The standard InChI is InChI=1S/C18H25N3O2/c1-13(2)11-14(20-9-5-6-10-20)12-21-17(22)15-7-3-4-8-16(15)19-18(21)23/h3-4,7-8,13-14H,5-6,9-12H2,1-2H3,(H,19,23). The number of rotatable bonds is 5. The molecular weight excluding hydrogens is 290 g/mol. The lowest BCUT2D eigenvalue weighted by Crippen LogP contribution is -2.44. The lowest BCUT2D eigenvalue weighted by Gasteiger charge is -2.29. The van der Waals surface area contributed by atoms with Crippen LogP contribution in [0.15, 0.2) is 33.9 Å². The first-order chi connectivity index (χ1) is 11.1. The van der Waals surface area contributed by atoms with Crippen LogP contribution in [-0.2, 0) is 6.54 Å². The van der Waals surface area contributed by atoms with E-state index in [1.165, 1.54) is 17.4 Å². The Morgan fingerprint density at radius 1 is 1.13 bits per heavy atom. The maximum absolute atomic E-state index is 12.7. The second kappa shape index (κ2) is 6.71. The third kappa shape index (κ3) is 3.39. The quantitative estimate of drug-likeness (QED) is 0.920. The summed E-state index contributed by atoms with van der Waals surface area (Å²) in [6.45, 7) is 6.99. The zero-order valence-electron chi connectivity index (χ0n) is 13.9. The summed E-state index contributed by atoms with van der Waals surface area (Å²) in [7, 11) is 0. The van der Waals surface area contributed by atoms with Gasteiger partial charge < -0.3 is 4.98 Å². The van der Waals surface area contributed by atoms with Gasteiger partial charge in [-0.25, -0.2) is 4.79 Å². The molecule has 1 aliphatic rings. The number of H-pyrrole nitrogens is 1. The number of hydrogen-bond acceptors (Lipinski definition) is 3. The molecule has 1 saturated heterocycles. The van der Waals surface area contributed by atoms with Gasteiger partial charge in [-0.05, 0) is 50.4 Å². The zero-order valence-corrected chi connectivity index (χ0v) is 13.9. The van der Waals surface area contributed by atoms with Gasteiger partial charge in [0, 0.05) is 12.6 Å². The Balaban J connectivity index is 1.97. The van der Waals surface area contributed by atoms with Gasteiger partial charge in [-0.1, -0.05) is 26.0 Å². The van der Waals surface area contributed by atoms with Crippen molar-refractivity contribution in [2.45, 2.75) is 45.7 Å². The fraction of sp³-hybridized carbons (Fsp3) is 0.556. The first kappa shape index (κ1) is 16.0. The van der Waals surface area contributed by atoms with Gasteiger partial charge in [0.1, 0.15) is 0 Å². The van der Waals surface area contributed by atoms with Crippen molar-refractivity contribution in [2.75, 3.05) is 13.1 Å². The van der Waals surface area contributed by atoms with Crippen LogP contribution in [0.5, 0.6) is 0 Å². The second-order valence-electron chi connectivity index (χ2n) is 6.92. The summed E-state index contributed by atoms with van der Waals surface area (Å²) in [6.07, 6.45) is 3.41. The van der Waals surface area contributed by atoms with Gasteiger partial charge in [0.05, 0.1) is 10.9 Å². The number of fused-ring (bicyclic) bond motifs is 1. The molecule has 1 aromatic heterocycles. The van der Waals surface area contributed by atoms with Crippen molar-refractivity contribution in [3.63, 3.8) is 0 Å². The summed E-state index contributed by atoms with van der Waals surface area (Å²) in [6, 6.07) is 7.45. The maximum Gasteiger partial charge on any atom is 0.328 e. The topological polar surface area (TPSA) is 58.1 Å². The van der Waals surface area contributed by atoms with Crippen LogP contribution in [0, 0.1) is 5.92 Å². The van der Waals surface area contributed by atoms with Gasteiger partial charge in [-0.3, -0.25) is 14.3 Å². The lowest BCUT2D eigenvalue weighted by molar-refractivity contribution is 0.188. The summed E-state index contributed by atoms with van der Waals surface area (Å²) >= 11 is 0. The molecule has 2 heterocycles. The van der Waals surface area contributed by atoms with E-state index in [1.54, 1.807) is 12.1 Å². The number of aromatic nitrogens is 2. The van der Waals surface area contributed by atoms with E-state index in [-0.39, 0.29) is 17.3 Å². The van der Waals surface area contributed by atoms with Crippen LogP contribution >= 0.6 is 0 Å². The fourth-order valence-corrected chi connectivity index (χ4v) is 3.57. The van der Waals surface area contributed by atoms with Gasteiger partial charge in [0.2, 0.25) is 0 Å². The van der Waals surface area contributed by atoms with Gasteiger partial charge in [0.25, 0.3) is 5.56 Å². The van der Waals surface area contributed by atoms with Crippen molar-refractivity contribution in [3.8, 4) is 0 Å². The zero-order chi connectivity index (χ0) is 16.4. The van der Waals surface area contributed by atoms with E-state index in [1.807, 2.05) is 12.1 Å². The van der Waals surface area contributed by atoms with E-state index in [0.29, 0.717) is 23.4 Å².